The molecule has 0 radical (unpaired) electrons. The van der Waals surface area contributed by atoms with Crippen LogP contribution < -0.4 is 4.74 Å². The summed E-state index contributed by atoms with van der Waals surface area (Å²) >= 11 is 5.93. The lowest BCUT2D eigenvalue weighted by Crippen LogP contribution is -2.31. The van der Waals surface area contributed by atoms with Gasteiger partial charge in [-0.3, -0.25) is 4.79 Å². The number of phenolic OH excluding ortho intramolecular Hbond substituents is 1. The highest BCUT2D eigenvalue weighted by Crippen LogP contribution is 2.29. The van der Waals surface area contributed by atoms with Crippen molar-refractivity contribution in [2.45, 2.75) is 6.54 Å². The average Bonchev–Trinajstić information content (AvgIpc) is 2.62. The van der Waals surface area contributed by atoms with Crippen LogP contribution in [-0.4, -0.2) is 42.6 Å². The second kappa shape index (κ2) is 8.53. The quantitative estimate of drug-likeness (QED) is 0.778. The van der Waals surface area contributed by atoms with Gasteiger partial charge in [0, 0.05) is 24.2 Å². The minimum absolute atomic E-state index is 0.0771. The van der Waals surface area contributed by atoms with Crippen molar-refractivity contribution in [1.82, 2.24) is 4.90 Å². The van der Waals surface area contributed by atoms with Crippen LogP contribution in [0.25, 0.3) is 0 Å². The fourth-order valence-corrected chi connectivity index (χ4v) is 2.40. The second-order valence-corrected chi connectivity index (χ2v) is 5.79. The van der Waals surface area contributed by atoms with E-state index >= 15 is 0 Å². The Labute approximate surface area is 154 Å². The molecule has 0 aliphatic carbocycles. The van der Waals surface area contributed by atoms with Crippen molar-refractivity contribution in [1.29, 1.82) is 0 Å². The van der Waals surface area contributed by atoms with Crippen molar-refractivity contribution >= 4 is 23.5 Å². The van der Waals surface area contributed by atoms with Crippen molar-refractivity contribution in [2.75, 3.05) is 20.8 Å². The van der Waals surface area contributed by atoms with Gasteiger partial charge in [-0.25, -0.2) is 9.18 Å². The lowest BCUT2D eigenvalue weighted by Gasteiger charge is -2.18. The summed E-state index contributed by atoms with van der Waals surface area (Å²) in [6.45, 7) is -0.648. The summed E-state index contributed by atoms with van der Waals surface area (Å²) in [4.78, 5) is 25.3. The molecule has 2 aromatic rings. The van der Waals surface area contributed by atoms with E-state index in [4.69, 9.17) is 21.1 Å². The molecule has 0 atom stereocenters. The molecule has 0 heterocycles. The van der Waals surface area contributed by atoms with E-state index in [1.807, 2.05) is 0 Å². The lowest BCUT2D eigenvalue weighted by molar-refractivity contribution is -0.133. The number of methoxy groups -OCH3 is 1. The molecule has 1 N–H and O–H groups in total. The third-order valence-electron chi connectivity index (χ3n) is 3.65. The van der Waals surface area contributed by atoms with Crippen molar-refractivity contribution in [3.05, 3.63) is 58.4 Å². The molecule has 2 aromatic carbocycles. The molecule has 6 nitrogen and oxygen atoms in total. The average molecular weight is 382 g/mol. The number of likely N-dealkylation sites (N-methyl/N-ethyl adjacent to an activating group) is 1. The van der Waals surface area contributed by atoms with Crippen molar-refractivity contribution in [2.24, 2.45) is 0 Å². The van der Waals surface area contributed by atoms with Crippen LogP contribution in [0.3, 0.4) is 0 Å². The largest absolute Gasteiger partial charge is 0.504 e. The zero-order valence-corrected chi connectivity index (χ0v) is 14.9. The number of carbonyl (C=O) groups is 2. The first kappa shape index (κ1) is 19.5. The number of benzene rings is 2. The monoisotopic (exact) mass is 381 g/mol. The molecule has 1 amide bonds. The number of hydrogen-bond donors (Lipinski definition) is 1. The maximum Gasteiger partial charge on any atom is 0.342 e. The third-order valence-corrected chi connectivity index (χ3v) is 4.00. The van der Waals surface area contributed by atoms with Gasteiger partial charge in [0.15, 0.2) is 18.1 Å². The number of halogens is 2. The minimum atomic E-state index is -0.882. The minimum Gasteiger partial charge on any atom is -0.504 e. The molecular formula is C18H17ClFNO5. The lowest BCUT2D eigenvalue weighted by atomic mass is 10.2. The Kier molecular flexibility index (Phi) is 6.41. The molecule has 0 saturated carbocycles. The molecule has 0 aromatic heterocycles. The van der Waals surface area contributed by atoms with Crippen molar-refractivity contribution in [3.63, 3.8) is 0 Å². The van der Waals surface area contributed by atoms with E-state index in [-0.39, 0.29) is 34.2 Å². The summed E-state index contributed by atoms with van der Waals surface area (Å²) in [6.07, 6.45) is 0. The molecule has 8 heteroatoms. The highest BCUT2D eigenvalue weighted by Gasteiger charge is 2.19. The summed E-state index contributed by atoms with van der Waals surface area (Å²) in [6, 6.07) is 8.54. The number of carbonyl (C=O) groups excluding carboxylic acids is 2. The predicted octanol–water partition coefficient (Wildman–Crippen LogP) is 3.01. The van der Waals surface area contributed by atoms with Crippen LogP contribution in [0, 0.1) is 5.82 Å². The SMILES string of the molecule is COc1cccc(C(=O)OCC(=O)N(C)Cc2c(F)cccc2Cl)c1O. The number of aromatic hydroxyl groups is 1. The number of hydrogen-bond acceptors (Lipinski definition) is 5. The van der Waals surface area contributed by atoms with Crippen LogP contribution in [-0.2, 0) is 16.1 Å². The molecule has 0 spiro atoms. The highest BCUT2D eigenvalue weighted by atomic mass is 35.5. The zero-order valence-electron chi connectivity index (χ0n) is 14.2. The maximum absolute atomic E-state index is 13.8. The fraction of sp³-hybridized carbons (Fsp3) is 0.222. The van der Waals surface area contributed by atoms with Gasteiger partial charge in [0.2, 0.25) is 0 Å². The Balaban J connectivity index is 1.99. The molecule has 0 bridgehead atoms. The second-order valence-electron chi connectivity index (χ2n) is 5.38. The summed E-state index contributed by atoms with van der Waals surface area (Å²) in [5, 5.41) is 10.1. The van der Waals surface area contributed by atoms with E-state index in [2.05, 4.69) is 0 Å². The van der Waals surface area contributed by atoms with Gasteiger partial charge in [-0.2, -0.15) is 0 Å². The molecule has 2 rings (SSSR count). The van der Waals surface area contributed by atoms with Crippen molar-refractivity contribution < 1.29 is 28.6 Å². The maximum atomic E-state index is 13.8. The Bertz CT molecular complexity index is 807. The Morgan fingerprint density at radius 3 is 2.58 bits per heavy atom. The number of esters is 1. The van der Waals surface area contributed by atoms with Crippen LogP contribution in [0.15, 0.2) is 36.4 Å². The van der Waals surface area contributed by atoms with Crippen molar-refractivity contribution in [3.8, 4) is 11.5 Å². The van der Waals surface area contributed by atoms with E-state index in [0.717, 1.165) is 0 Å². The number of rotatable bonds is 6. The predicted molar refractivity (Wildman–Crippen MR) is 92.8 cm³/mol. The number of phenols is 1. The number of nitrogens with zero attached hydrogens (tertiary/aromatic N) is 1. The number of amides is 1. The summed E-state index contributed by atoms with van der Waals surface area (Å²) in [7, 11) is 2.78. The smallest absolute Gasteiger partial charge is 0.342 e. The first-order valence-electron chi connectivity index (χ1n) is 7.55. The van der Waals surface area contributed by atoms with E-state index in [0.29, 0.717) is 0 Å². The van der Waals surface area contributed by atoms with E-state index in [1.54, 1.807) is 0 Å². The van der Waals surface area contributed by atoms with Gasteiger partial charge in [0.25, 0.3) is 5.91 Å². The summed E-state index contributed by atoms with van der Waals surface area (Å²) in [5.41, 5.74) is 0.0405. The van der Waals surface area contributed by atoms with Crippen LogP contribution >= 0.6 is 11.6 Å². The first-order valence-corrected chi connectivity index (χ1v) is 7.93. The molecule has 0 fully saturated rings. The molecule has 0 aliphatic heterocycles. The third kappa shape index (κ3) is 4.43. The first-order chi connectivity index (χ1) is 12.3. The highest BCUT2D eigenvalue weighted by molar-refractivity contribution is 6.31. The van der Waals surface area contributed by atoms with Crippen LogP contribution in [0.2, 0.25) is 5.02 Å². The van der Waals surface area contributed by atoms with Gasteiger partial charge in [-0.05, 0) is 24.3 Å². The van der Waals surface area contributed by atoms with Gasteiger partial charge in [0.05, 0.1) is 7.11 Å². The Hall–Kier alpha value is -2.80. The summed E-state index contributed by atoms with van der Waals surface area (Å²) in [5.74, 6) is -2.24. The molecule has 0 unspecified atom stereocenters. The van der Waals surface area contributed by atoms with Crippen LogP contribution in [0.4, 0.5) is 4.39 Å². The van der Waals surface area contributed by atoms with Gasteiger partial charge < -0.3 is 19.5 Å². The topological polar surface area (TPSA) is 76.1 Å². The number of para-hydroxylation sites is 1. The van der Waals surface area contributed by atoms with E-state index < -0.39 is 24.3 Å². The van der Waals surface area contributed by atoms with Gasteiger partial charge in [-0.1, -0.05) is 23.7 Å². The van der Waals surface area contributed by atoms with Gasteiger partial charge in [-0.15, -0.1) is 0 Å². The van der Waals surface area contributed by atoms with Crippen LogP contribution in [0.5, 0.6) is 11.5 Å². The molecular weight excluding hydrogens is 365 g/mol. The van der Waals surface area contributed by atoms with Crippen LogP contribution in [0.1, 0.15) is 15.9 Å². The molecule has 0 aliphatic rings. The van der Waals surface area contributed by atoms with E-state index in [9.17, 15) is 19.1 Å². The Morgan fingerprint density at radius 1 is 1.23 bits per heavy atom. The fourth-order valence-electron chi connectivity index (χ4n) is 2.18. The van der Waals surface area contributed by atoms with Gasteiger partial charge >= 0.3 is 5.97 Å². The molecule has 26 heavy (non-hydrogen) atoms. The molecule has 0 saturated heterocycles. The molecule has 138 valence electrons. The zero-order chi connectivity index (χ0) is 19.3. The Morgan fingerprint density at radius 2 is 1.92 bits per heavy atom. The number of ether oxygens (including phenoxy) is 2. The normalized spacial score (nSPS) is 10.3. The standard InChI is InChI=1S/C18H17ClFNO5/c1-21(9-12-13(19)6-4-7-14(12)20)16(22)10-26-18(24)11-5-3-8-15(25-2)17(11)23/h3-8,23H,9-10H2,1-2H3. The van der Waals surface area contributed by atoms with Gasteiger partial charge in [0.1, 0.15) is 11.4 Å². The summed E-state index contributed by atoms with van der Waals surface area (Å²) < 4.78 is 23.6. The van der Waals surface area contributed by atoms with E-state index in [1.165, 1.54) is 55.5 Å².